The van der Waals surface area contributed by atoms with E-state index in [-0.39, 0.29) is 0 Å². The van der Waals surface area contributed by atoms with E-state index in [9.17, 15) is 0 Å². The summed E-state index contributed by atoms with van der Waals surface area (Å²) < 4.78 is 0. The second-order valence-electron chi connectivity index (χ2n) is 6.57. The molecular formula is C18H30N2. The summed E-state index contributed by atoms with van der Waals surface area (Å²) in [6.45, 7) is 13.7. The molecule has 1 aliphatic heterocycles. The van der Waals surface area contributed by atoms with Crippen molar-refractivity contribution in [3.63, 3.8) is 0 Å². The van der Waals surface area contributed by atoms with Gasteiger partial charge in [-0.2, -0.15) is 0 Å². The Labute approximate surface area is 124 Å². The van der Waals surface area contributed by atoms with Crippen molar-refractivity contribution in [2.75, 3.05) is 13.1 Å². The molecule has 1 heterocycles. The van der Waals surface area contributed by atoms with Crippen LogP contribution in [0.4, 0.5) is 0 Å². The van der Waals surface area contributed by atoms with Crippen molar-refractivity contribution >= 4 is 0 Å². The summed E-state index contributed by atoms with van der Waals surface area (Å²) in [6.07, 6.45) is 1.33. The van der Waals surface area contributed by atoms with Crippen LogP contribution in [0, 0.1) is 12.8 Å². The van der Waals surface area contributed by atoms with E-state index in [1.807, 2.05) is 0 Å². The van der Waals surface area contributed by atoms with E-state index in [1.54, 1.807) is 0 Å². The maximum absolute atomic E-state index is 3.69. The van der Waals surface area contributed by atoms with Gasteiger partial charge in [0.1, 0.15) is 0 Å². The van der Waals surface area contributed by atoms with E-state index in [2.05, 4.69) is 69.1 Å². The molecule has 2 heteroatoms. The Morgan fingerprint density at radius 1 is 1.25 bits per heavy atom. The summed E-state index contributed by atoms with van der Waals surface area (Å²) in [6, 6.07) is 10.7. The lowest BCUT2D eigenvalue weighted by Crippen LogP contribution is -2.44. The number of likely N-dealkylation sites (tertiary alicyclic amines) is 1. The fourth-order valence-electron chi connectivity index (χ4n) is 3.65. The maximum Gasteiger partial charge on any atom is 0.0475 e. The Hall–Kier alpha value is -0.860. The van der Waals surface area contributed by atoms with E-state index in [1.165, 1.54) is 24.1 Å². The maximum atomic E-state index is 3.69. The largest absolute Gasteiger partial charge is 0.309 e. The van der Waals surface area contributed by atoms with Crippen molar-refractivity contribution in [3.05, 3.63) is 35.4 Å². The molecule has 1 fully saturated rings. The van der Waals surface area contributed by atoms with Crippen LogP contribution in [0.2, 0.25) is 0 Å². The van der Waals surface area contributed by atoms with Crippen molar-refractivity contribution in [2.24, 2.45) is 5.92 Å². The minimum absolute atomic E-state index is 0.424. The molecule has 0 saturated carbocycles. The topological polar surface area (TPSA) is 15.3 Å². The second kappa shape index (κ2) is 6.73. The number of likely N-dealkylation sites (N-methyl/N-ethyl adjacent to an activating group) is 1. The van der Waals surface area contributed by atoms with Gasteiger partial charge in [-0.3, -0.25) is 4.90 Å². The molecule has 2 nitrogen and oxygen atoms in total. The van der Waals surface area contributed by atoms with Crippen molar-refractivity contribution in [1.82, 2.24) is 10.2 Å². The Morgan fingerprint density at radius 2 is 1.90 bits per heavy atom. The first-order chi connectivity index (χ1) is 9.52. The third-order valence-electron chi connectivity index (χ3n) is 4.70. The van der Waals surface area contributed by atoms with E-state index in [0.29, 0.717) is 18.1 Å². The number of benzene rings is 1. The predicted octanol–water partition coefficient (Wildman–Crippen LogP) is 3.76. The molecule has 0 radical (unpaired) electrons. The van der Waals surface area contributed by atoms with E-state index in [0.717, 1.165) is 12.5 Å². The fraction of sp³-hybridized carbons (Fsp3) is 0.667. The van der Waals surface area contributed by atoms with Crippen LogP contribution in [0.25, 0.3) is 0 Å². The molecule has 4 unspecified atom stereocenters. The molecule has 0 spiro atoms. The van der Waals surface area contributed by atoms with Gasteiger partial charge in [-0.05, 0) is 45.2 Å². The van der Waals surface area contributed by atoms with Crippen LogP contribution >= 0.6 is 0 Å². The zero-order valence-electron chi connectivity index (χ0n) is 13.7. The third-order valence-corrected chi connectivity index (χ3v) is 4.70. The van der Waals surface area contributed by atoms with Crippen LogP contribution in [0.1, 0.15) is 51.3 Å². The smallest absolute Gasteiger partial charge is 0.0475 e. The lowest BCUT2D eigenvalue weighted by molar-refractivity contribution is 0.161. The predicted molar refractivity (Wildman–Crippen MR) is 87.0 cm³/mol. The Balaban J connectivity index is 2.17. The monoisotopic (exact) mass is 274 g/mol. The third kappa shape index (κ3) is 3.42. The Morgan fingerprint density at radius 3 is 2.40 bits per heavy atom. The van der Waals surface area contributed by atoms with E-state index in [4.69, 9.17) is 0 Å². The van der Waals surface area contributed by atoms with Gasteiger partial charge in [0.2, 0.25) is 0 Å². The van der Waals surface area contributed by atoms with Gasteiger partial charge in [0.15, 0.2) is 0 Å². The molecule has 112 valence electrons. The van der Waals surface area contributed by atoms with Crippen LogP contribution < -0.4 is 5.32 Å². The molecule has 1 aromatic rings. The summed E-state index contributed by atoms with van der Waals surface area (Å²) in [5, 5.41) is 3.69. The summed E-state index contributed by atoms with van der Waals surface area (Å²) in [4.78, 5) is 2.68. The molecule has 1 aromatic carbocycles. The van der Waals surface area contributed by atoms with Gasteiger partial charge >= 0.3 is 0 Å². The van der Waals surface area contributed by atoms with Gasteiger partial charge in [0.25, 0.3) is 0 Å². The van der Waals surface area contributed by atoms with Gasteiger partial charge in [0.05, 0.1) is 0 Å². The van der Waals surface area contributed by atoms with Gasteiger partial charge in [-0.25, -0.2) is 0 Å². The van der Waals surface area contributed by atoms with Gasteiger partial charge in [-0.15, -0.1) is 0 Å². The lowest BCUT2D eigenvalue weighted by Gasteiger charge is -2.35. The number of nitrogens with one attached hydrogen (secondary N) is 1. The van der Waals surface area contributed by atoms with Crippen LogP contribution in [-0.4, -0.2) is 30.1 Å². The highest BCUT2D eigenvalue weighted by molar-refractivity contribution is 5.25. The number of hydrogen-bond acceptors (Lipinski definition) is 2. The van der Waals surface area contributed by atoms with Crippen molar-refractivity contribution in [1.29, 1.82) is 0 Å². The quantitative estimate of drug-likeness (QED) is 0.879. The minimum Gasteiger partial charge on any atom is -0.309 e. The number of aryl methyl sites for hydroxylation is 1. The second-order valence-corrected chi connectivity index (χ2v) is 6.57. The van der Waals surface area contributed by atoms with Crippen molar-refractivity contribution < 1.29 is 0 Å². The zero-order valence-corrected chi connectivity index (χ0v) is 13.7. The van der Waals surface area contributed by atoms with E-state index < -0.39 is 0 Å². The average Bonchev–Trinajstić information content (AvgIpc) is 2.75. The number of hydrogen-bond donors (Lipinski definition) is 1. The summed E-state index contributed by atoms with van der Waals surface area (Å²) in [5.41, 5.74) is 2.75. The Bertz CT molecular complexity index is 412. The minimum atomic E-state index is 0.424. The highest BCUT2D eigenvalue weighted by Crippen LogP contribution is 2.30. The van der Waals surface area contributed by atoms with Crippen LogP contribution in [0.5, 0.6) is 0 Å². The van der Waals surface area contributed by atoms with Crippen molar-refractivity contribution in [2.45, 2.75) is 59.2 Å². The molecule has 1 saturated heterocycles. The first kappa shape index (κ1) is 15.5. The molecule has 0 bridgehead atoms. The number of rotatable bonds is 5. The van der Waals surface area contributed by atoms with E-state index >= 15 is 0 Å². The normalized spacial score (nSPS) is 26.6. The molecule has 0 aromatic heterocycles. The fourth-order valence-corrected chi connectivity index (χ4v) is 3.65. The summed E-state index contributed by atoms with van der Waals surface area (Å²) >= 11 is 0. The van der Waals surface area contributed by atoms with Crippen LogP contribution in [0.15, 0.2) is 24.3 Å². The zero-order chi connectivity index (χ0) is 14.7. The molecule has 1 N–H and O–H groups in total. The summed E-state index contributed by atoms with van der Waals surface area (Å²) in [5.74, 6) is 0.827. The van der Waals surface area contributed by atoms with Gasteiger partial charge < -0.3 is 5.32 Å². The highest BCUT2D eigenvalue weighted by Gasteiger charge is 2.33. The molecule has 4 atom stereocenters. The van der Waals surface area contributed by atoms with Crippen molar-refractivity contribution in [3.8, 4) is 0 Å². The molecule has 0 aliphatic carbocycles. The first-order valence-corrected chi connectivity index (χ1v) is 8.08. The molecule has 1 aliphatic rings. The molecule has 20 heavy (non-hydrogen) atoms. The number of nitrogens with zero attached hydrogens (tertiary/aromatic N) is 1. The summed E-state index contributed by atoms with van der Waals surface area (Å²) in [7, 11) is 0. The first-order valence-electron chi connectivity index (χ1n) is 8.08. The van der Waals surface area contributed by atoms with Gasteiger partial charge in [0, 0.05) is 24.7 Å². The molecule has 0 amide bonds. The SMILES string of the molecule is CCNC(c1ccc(C)cc1)C(C)N1CC(C)CC1C. The lowest BCUT2D eigenvalue weighted by atomic mass is 9.97. The molecule has 2 rings (SSSR count). The molecular weight excluding hydrogens is 244 g/mol. The van der Waals surface area contributed by atoms with Gasteiger partial charge in [-0.1, -0.05) is 43.7 Å². The standard InChI is InChI=1S/C18H30N2/c1-6-19-18(17-9-7-13(2)8-10-17)16(5)20-12-14(3)11-15(20)4/h7-10,14-16,18-19H,6,11-12H2,1-5H3. The highest BCUT2D eigenvalue weighted by atomic mass is 15.2. The van der Waals surface area contributed by atoms with Crippen LogP contribution in [0.3, 0.4) is 0 Å². The van der Waals surface area contributed by atoms with Crippen LogP contribution in [-0.2, 0) is 0 Å². The average molecular weight is 274 g/mol. The Kier molecular flexibility index (Phi) is 5.22.